The fourth-order valence-electron chi connectivity index (χ4n) is 6.79. The van der Waals surface area contributed by atoms with Crippen LogP contribution in [-0.2, 0) is 13.0 Å². The lowest BCUT2D eigenvalue weighted by molar-refractivity contribution is 0.0285. The molecule has 2 amide bonds. The Morgan fingerprint density at radius 3 is 2.40 bits per heavy atom. The van der Waals surface area contributed by atoms with Gasteiger partial charge in [0.15, 0.2) is 0 Å². The third-order valence-corrected chi connectivity index (χ3v) is 9.70. The lowest BCUT2D eigenvalue weighted by Crippen LogP contribution is -2.48. The summed E-state index contributed by atoms with van der Waals surface area (Å²) in [7, 11) is 0. The number of rotatable bonds is 5. The van der Waals surface area contributed by atoms with Crippen molar-refractivity contribution in [1.82, 2.24) is 15.1 Å². The Bertz CT molecular complexity index is 1530. The quantitative estimate of drug-likeness (QED) is 0.383. The number of carbonyl (C=O) groups is 2. The van der Waals surface area contributed by atoms with Gasteiger partial charge in [0.05, 0.1) is 23.2 Å². The van der Waals surface area contributed by atoms with E-state index in [1.165, 1.54) is 23.8 Å². The van der Waals surface area contributed by atoms with Gasteiger partial charge in [-0.1, -0.05) is 29.8 Å². The van der Waals surface area contributed by atoms with Crippen LogP contribution in [0.25, 0.3) is 0 Å². The van der Waals surface area contributed by atoms with E-state index in [2.05, 4.69) is 16.3 Å². The molecule has 1 aliphatic carbocycles. The molecule has 42 heavy (non-hydrogen) atoms. The molecular formula is C34H34ClFN4O2. The number of fused-ring (bicyclic) bond motifs is 1. The summed E-state index contributed by atoms with van der Waals surface area (Å²) >= 11 is 5.98. The number of carbonyl (C=O) groups excluding carboxylic acids is 2. The number of likely N-dealkylation sites (tertiary alicyclic amines) is 2. The van der Waals surface area contributed by atoms with Crippen LogP contribution in [0.1, 0.15) is 81.1 Å². The van der Waals surface area contributed by atoms with E-state index in [1.54, 1.807) is 0 Å². The molecule has 2 fully saturated rings. The van der Waals surface area contributed by atoms with Crippen LogP contribution in [0, 0.1) is 22.6 Å². The second kappa shape index (κ2) is 11.9. The van der Waals surface area contributed by atoms with Gasteiger partial charge in [0.25, 0.3) is 11.8 Å². The van der Waals surface area contributed by atoms with Gasteiger partial charge in [0.1, 0.15) is 5.82 Å². The lowest BCUT2D eigenvalue weighted by atomic mass is 9.71. The van der Waals surface area contributed by atoms with E-state index in [4.69, 9.17) is 16.9 Å². The minimum Gasteiger partial charge on any atom is -0.345 e. The molecule has 1 unspecified atom stereocenters. The van der Waals surface area contributed by atoms with E-state index in [-0.39, 0.29) is 17.5 Å². The van der Waals surface area contributed by atoms with Crippen LogP contribution >= 0.6 is 11.6 Å². The molecule has 3 aromatic rings. The predicted octanol–water partition coefficient (Wildman–Crippen LogP) is 6.29. The smallest absolute Gasteiger partial charge is 0.254 e. The summed E-state index contributed by atoms with van der Waals surface area (Å²) in [4.78, 5) is 30.8. The van der Waals surface area contributed by atoms with Gasteiger partial charge >= 0.3 is 0 Å². The average molecular weight is 585 g/mol. The number of hydrogen-bond acceptors (Lipinski definition) is 4. The zero-order valence-electron chi connectivity index (χ0n) is 23.5. The van der Waals surface area contributed by atoms with E-state index < -0.39 is 11.7 Å². The van der Waals surface area contributed by atoms with E-state index in [9.17, 15) is 14.0 Å². The van der Waals surface area contributed by atoms with E-state index in [0.717, 1.165) is 76.0 Å². The molecule has 1 N–H and O–H groups in total. The molecule has 0 bridgehead atoms. The highest BCUT2D eigenvalue weighted by molar-refractivity contribution is 6.31. The fourth-order valence-corrected chi connectivity index (χ4v) is 6.96. The van der Waals surface area contributed by atoms with Crippen molar-refractivity contribution in [3.8, 4) is 6.07 Å². The topological polar surface area (TPSA) is 76.4 Å². The van der Waals surface area contributed by atoms with E-state index in [1.807, 2.05) is 47.4 Å². The van der Waals surface area contributed by atoms with Crippen LogP contribution in [-0.4, -0.2) is 47.8 Å². The Hall–Kier alpha value is -3.73. The van der Waals surface area contributed by atoms with Gasteiger partial charge in [-0.25, -0.2) is 4.39 Å². The molecule has 2 aliphatic heterocycles. The summed E-state index contributed by atoms with van der Waals surface area (Å²) in [6, 6.07) is 19.5. The standard InChI is InChI=1S/C34H34ClFN4O2/c35-27-8-9-30(36)29(20-27)32(41)38-31-10-7-25-5-6-26(19-28(25)31)33(42)40-17-13-34(14-18-40)11-15-39(16-12-34)22-24-3-1-23(21-37)2-4-24/h1-6,8-9,19-20,31H,7,10-18,22H2,(H,38,41). The lowest BCUT2D eigenvalue weighted by Gasteiger charge is -2.47. The van der Waals surface area contributed by atoms with Crippen LogP contribution in [0.3, 0.4) is 0 Å². The van der Waals surface area contributed by atoms with Crippen molar-refractivity contribution in [2.24, 2.45) is 5.41 Å². The van der Waals surface area contributed by atoms with Gasteiger partial charge in [-0.2, -0.15) is 5.26 Å². The number of nitrogens with one attached hydrogen (secondary N) is 1. The van der Waals surface area contributed by atoms with Gasteiger partial charge in [0.2, 0.25) is 0 Å². The second-order valence-corrected chi connectivity index (χ2v) is 12.4. The number of nitriles is 1. The number of benzene rings is 3. The molecule has 0 radical (unpaired) electrons. The van der Waals surface area contributed by atoms with Crippen molar-refractivity contribution in [2.45, 2.75) is 51.1 Å². The van der Waals surface area contributed by atoms with E-state index >= 15 is 0 Å². The van der Waals surface area contributed by atoms with Gasteiger partial charge in [0, 0.05) is 30.2 Å². The predicted molar refractivity (Wildman–Crippen MR) is 160 cm³/mol. The second-order valence-electron chi connectivity index (χ2n) is 12.0. The first-order chi connectivity index (χ1) is 20.3. The molecule has 0 saturated carbocycles. The third kappa shape index (κ3) is 5.92. The minimum absolute atomic E-state index is 0.0313. The highest BCUT2D eigenvalue weighted by Gasteiger charge is 2.39. The largest absolute Gasteiger partial charge is 0.345 e. The number of piperidine rings is 2. The summed E-state index contributed by atoms with van der Waals surface area (Å²) in [5.41, 5.74) is 4.81. The molecule has 2 heterocycles. The third-order valence-electron chi connectivity index (χ3n) is 9.47. The maximum absolute atomic E-state index is 14.2. The van der Waals surface area contributed by atoms with Crippen LogP contribution < -0.4 is 5.32 Å². The minimum atomic E-state index is -0.612. The number of halogens is 2. The molecule has 1 spiro atoms. The Kier molecular flexibility index (Phi) is 8.02. The van der Waals surface area contributed by atoms with Crippen LogP contribution in [0.2, 0.25) is 5.02 Å². The highest BCUT2D eigenvalue weighted by Crippen LogP contribution is 2.42. The molecule has 3 aromatic carbocycles. The molecule has 6 nitrogen and oxygen atoms in total. The molecule has 216 valence electrons. The summed E-state index contributed by atoms with van der Waals surface area (Å²) in [5, 5.41) is 12.3. The van der Waals surface area contributed by atoms with Gasteiger partial charge < -0.3 is 10.2 Å². The SMILES string of the molecule is N#Cc1ccc(CN2CCC3(CC2)CCN(C(=O)c2ccc4c(c2)C(NC(=O)c2cc(Cl)ccc2F)CC4)CC3)cc1. The van der Waals surface area contributed by atoms with Crippen molar-refractivity contribution in [2.75, 3.05) is 26.2 Å². The maximum Gasteiger partial charge on any atom is 0.254 e. The Morgan fingerprint density at radius 1 is 0.976 bits per heavy atom. The Labute approximate surface area is 251 Å². The normalized spacial score (nSPS) is 19.7. The molecule has 0 aromatic heterocycles. The van der Waals surface area contributed by atoms with Crippen LogP contribution in [0.5, 0.6) is 0 Å². The number of nitrogens with zero attached hydrogens (tertiary/aromatic N) is 3. The van der Waals surface area contributed by atoms with Crippen molar-refractivity contribution < 1.29 is 14.0 Å². The fraction of sp³-hybridized carbons (Fsp3) is 0.382. The zero-order valence-corrected chi connectivity index (χ0v) is 24.3. The molecule has 8 heteroatoms. The highest BCUT2D eigenvalue weighted by atomic mass is 35.5. The summed E-state index contributed by atoms with van der Waals surface area (Å²) in [6.45, 7) is 4.50. The van der Waals surface area contributed by atoms with Crippen molar-refractivity contribution >= 4 is 23.4 Å². The monoisotopic (exact) mass is 584 g/mol. The first kappa shape index (κ1) is 28.4. The van der Waals surface area contributed by atoms with E-state index in [0.29, 0.717) is 28.0 Å². The van der Waals surface area contributed by atoms with Crippen molar-refractivity contribution in [1.29, 1.82) is 5.26 Å². The van der Waals surface area contributed by atoms with Gasteiger partial charge in [-0.3, -0.25) is 14.5 Å². The zero-order chi connectivity index (χ0) is 29.3. The molecular weight excluding hydrogens is 551 g/mol. The van der Waals surface area contributed by atoms with Crippen LogP contribution in [0.4, 0.5) is 4.39 Å². The summed E-state index contributed by atoms with van der Waals surface area (Å²) in [5.74, 6) is -1.09. The molecule has 1 atom stereocenters. The Morgan fingerprint density at radius 2 is 1.69 bits per heavy atom. The first-order valence-electron chi connectivity index (χ1n) is 14.7. The van der Waals surface area contributed by atoms with Crippen molar-refractivity contribution in [3.05, 3.63) is 105 Å². The number of amides is 2. The average Bonchev–Trinajstić information content (AvgIpc) is 3.41. The maximum atomic E-state index is 14.2. The molecule has 3 aliphatic rings. The Balaban J connectivity index is 1.04. The van der Waals surface area contributed by atoms with Gasteiger partial charge in [-0.15, -0.1) is 0 Å². The van der Waals surface area contributed by atoms with Crippen molar-refractivity contribution in [3.63, 3.8) is 0 Å². The number of hydrogen-bond donors (Lipinski definition) is 1. The summed E-state index contributed by atoms with van der Waals surface area (Å²) in [6.07, 6.45) is 5.80. The van der Waals surface area contributed by atoms with Gasteiger partial charge in [-0.05, 0) is 116 Å². The molecule has 6 rings (SSSR count). The number of aryl methyl sites for hydroxylation is 1. The first-order valence-corrected chi connectivity index (χ1v) is 15.1. The van der Waals surface area contributed by atoms with Crippen LogP contribution in [0.15, 0.2) is 60.7 Å². The molecule has 2 saturated heterocycles. The summed E-state index contributed by atoms with van der Waals surface area (Å²) < 4.78 is 14.2.